The number of Topliss-reactive ketones (excluding diaryl/α,β-unsaturated/α-hetero) is 1. The molecule has 1 aromatic heterocycles. The minimum atomic E-state index is -1.24. The Morgan fingerprint density at radius 1 is 1.20 bits per heavy atom. The Labute approximate surface area is 246 Å². The molecule has 40 heavy (non-hydrogen) atoms. The first-order valence-corrected chi connectivity index (χ1v) is 14.0. The number of rotatable bonds is 14. The van der Waals surface area contributed by atoms with E-state index in [2.05, 4.69) is 5.32 Å². The van der Waals surface area contributed by atoms with Crippen LogP contribution in [0.4, 0.5) is 0 Å². The summed E-state index contributed by atoms with van der Waals surface area (Å²) in [5, 5.41) is 33.0. The number of benzene rings is 1. The fourth-order valence-corrected chi connectivity index (χ4v) is 5.29. The molecule has 0 saturated heterocycles. The molecule has 0 fully saturated rings. The molecule has 1 aliphatic rings. The fourth-order valence-electron chi connectivity index (χ4n) is 4.50. The third kappa shape index (κ3) is 8.29. The molecule has 11 nitrogen and oxygen atoms in total. The van der Waals surface area contributed by atoms with E-state index >= 15 is 0 Å². The van der Waals surface area contributed by atoms with Crippen LogP contribution >= 0.6 is 22.6 Å². The molecule has 0 bridgehead atoms. The predicted octanol–water partition coefficient (Wildman–Crippen LogP) is 2.09. The largest absolute Gasteiger partial charge is 0.493 e. The zero-order chi connectivity index (χ0) is 29.2. The number of carbonyl (C=O) groups excluding carboxylic acids is 3. The lowest BCUT2D eigenvalue weighted by atomic mass is 9.87. The molecule has 0 saturated carbocycles. The van der Waals surface area contributed by atoms with Crippen LogP contribution in [0.3, 0.4) is 0 Å². The van der Waals surface area contributed by atoms with Crippen LogP contribution < -0.4 is 14.8 Å². The molecule has 0 unspecified atom stereocenters. The van der Waals surface area contributed by atoms with Crippen molar-refractivity contribution in [2.45, 2.75) is 64.0 Å². The van der Waals surface area contributed by atoms with E-state index in [1.54, 1.807) is 18.2 Å². The fraction of sp³-hybridized carbons (Fsp3) is 0.464. The van der Waals surface area contributed by atoms with Crippen LogP contribution in [-0.2, 0) is 27.5 Å². The number of nitrogens with zero attached hydrogens (tertiary/aromatic N) is 1. The summed E-state index contributed by atoms with van der Waals surface area (Å²) >= 11 is 2.03. The Morgan fingerprint density at radius 2 is 1.98 bits per heavy atom. The summed E-state index contributed by atoms with van der Waals surface area (Å²) in [6, 6.07) is 4.18. The first-order chi connectivity index (χ1) is 19.2. The number of methoxy groups -OCH3 is 1. The third-order valence-corrected chi connectivity index (χ3v) is 7.31. The lowest BCUT2D eigenvalue weighted by Gasteiger charge is -2.40. The zero-order valence-corrected chi connectivity index (χ0v) is 24.6. The van der Waals surface area contributed by atoms with Gasteiger partial charge in [-0.3, -0.25) is 9.59 Å². The number of aliphatic hydroxyl groups excluding tert-OH is 3. The van der Waals surface area contributed by atoms with E-state index < -0.39 is 24.2 Å². The van der Waals surface area contributed by atoms with Crippen molar-refractivity contribution in [1.29, 1.82) is 0 Å². The standard InChI is InChI=1S/C28H35IN2O9/c1-17(34)4-3-5-25(35)31(14-18-6-9-39-16-18)22-12-20(28(37)30-7-8-32)13-23(26(22)36)40-27-21(29)10-19(15-33)11-24(27)38-2/h6,9-11,13,16,22-23,26,32-33,36H,3-5,7-8,12,14-15H2,1-2H3,(H,30,37)/t22-,23+,26+/m1/s1. The summed E-state index contributed by atoms with van der Waals surface area (Å²) in [5.41, 5.74) is 1.59. The average molecular weight is 670 g/mol. The minimum Gasteiger partial charge on any atom is -0.493 e. The monoisotopic (exact) mass is 670 g/mol. The second kappa shape index (κ2) is 15.2. The molecule has 1 heterocycles. The molecule has 0 aliphatic heterocycles. The molecule has 4 N–H and O–H groups in total. The van der Waals surface area contributed by atoms with Crippen LogP contribution in [-0.4, -0.2) is 76.3 Å². The molecule has 2 aromatic rings. The number of nitrogens with one attached hydrogen (secondary N) is 1. The number of ether oxygens (including phenoxy) is 2. The summed E-state index contributed by atoms with van der Waals surface area (Å²) < 4.78 is 17.5. The van der Waals surface area contributed by atoms with Crippen molar-refractivity contribution in [1.82, 2.24) is 10.2 Å². The van der Waals surface area contributed by atoms with Crippen molar-refractivity contribution in [3.63, 3.8) is 0 Å². The van der Waals surface area contributed by atoms with Crippen molar-refractivity contribution < 1.29 is 43.6 Å². The number of carbonyl (C=O) groups is 3. The number of amides is 2. The van der Waals surface area contributed by atoms with Gasteiger partial charge >= 0.3 is 0 Å². The highest BCUT2D eigenvalue weighted by atomic mass is 127. The maximum absolute atomic E-state index is 13.5. The minimum absolute atomic E-state index is 0.0260. The normalized spacial score (nSPS) is 18.6. The van der Waals surface area contributed by atoms with Crippen molar-refractivity contribution in [3.8, 4) is 11.5 Å². The summed E-state index contributed by atoms with van der Waals surface area (Å²) in [6.45, 7) is 1.15. The van der Waals surface area contributed by atoms with E-state index in [-0.39, 0.29) is 62.8 Å². The van der Waals surface area contributed by atoms with Gasteiger partial charge < -0.3 is 44.2 Å². The number of halogens is 1. The van der Waals surface area contributed by atoms with E-state index in [4.69, 9.17) is 13.9 Å². The summed E-state index contributed by atoms with van der Waals surface area (Å²) in [6.07, 6.45) is 2.92. The van der Waals surface area contributed by atoms with Gasteiger partial charge in [0.1, 0.15) is 18.0 Å². The quantitative estimate of drug-likeness (QED) is 0.221. The van der Waals surface area contributed by atoms with Gasteiger partial charge in [-0.1, -0.05) is 0 Å². The molecule has 0 spiro atoms. The van der Waals surface area contributed by atoms with Crippen molar-refractivity contribution in [2.75, 3.05) is 20.3 Å². The summed E-state index contributed by atoms with van der Waals surface area (Å²) in [5.74, 6) is -0.126. The lowest BCUT2D eigenvalue weighted by molar-refractivity contribution is -0.139. The second-order valence-electron chi connectivity index (χ2n) is 9.49. The van der Waals surface area contributed by atoms with Crippen molar-refractivity contribution in [2.24, 2.45) is 0 Å². The Morgan fingerprint density at radius 3 is 2.60 bits per heavy atom. The van der Waals surface area contributed by atoms with Crippen LogP contribution in [0.2, 0.25) is 0 Å². The predicted molar refractivity (Wildman–Crippen MR) is 152 cm³/mol. The highest BCUT2D eigenvalue weighted by Gasteiger charge is 2.41. The van der Waals surface area contributed by atoms with E-state index in [0.29, 0.717) is 32.6 Å². The molecule has 1 aliphatic carbocycles. The Balaban J connectivity index is 1.99. The zero-order valence-electron chi connectivity index (χ0n) is 22.5. The van der Waals surface area contributed by atoms with Gasteiger partial charge in [0.05, 0.1) is 42.5 Å². The van der Waals surface area contributed by atoms with Gasteiger partial charge in [-0.15, -0.1) is 0 Å². The summed E-state index contributed by atoms with van der Waals surface area (Å²) in [4.78, 5) is 39.4. The number of ketones is 1. The number of furan rings is 1. The van der Waals surface area contributed by atoms with Crippen molar-refractivity contribution in [3.05, 3.63) is 57.1 Å². The van der Waals surface area contributed by atoms with Gasteiger partial charge in [-0.25, -0.2) is 0 Å². The molecule has 3 atom stereocenters. The van der Waals surface area contributed by atoms with E-state index in [1.165, 1.54) is 37.5 Å². The number of hydrogen-bond acceptors (Lipinski definition) is 9. The molecule has 12 heteroatoms. The maximum Gasteiger partial charge on any atom is 0.247 e. The molecule has 2 amide bonds. The van der Waals surface area contributed by atoms with Crippen LogP contribution in [0.15, 0.2) is 46.8 Å². The molecular weight excluding hydrogens is 635 g/mol. The Kier molecular flexibility index (Phi) is 12.0. The lowest BCUT2D eigenvalue weighted by Crippen LogP contribution is -2.54. The van der Waals surface area contributed by atoms with Crippen LogP contribution in [0.5, 0.6) is 11.5 Å². The van der Waals surface area contributed by atoms with E-state index in [9.17, 15) is 29.7 Å². The topological polar surface area (TPSA) is 159 Å². The van der Waals surface area contributed by atoms with E-state index in [0.717, 1.165) is 0 Å². The maximum atomic E-state index is 13.5. The van der Waals surface area contributed by atoms with Crippen molar-refractivity contribution >= 4 is 40.2 Å². The highest BCUT2D eigenvalue weighted by Crippen LogP contribution is 2.37. The smallest absolute Gasteiger partial charge is 0.247 e. The van der Waals surface area contributed by atoms with Gasteiger partial charge in [0.15, 0.2) is 11.5 Å². The Hall–Kier alpha value is -2.94. The number of aliphatic hydroxyl groups is 3. The van der Waals surface area contributed by atoms with Gasteiger partial charge in [0.25, 0.3) is 0 Å². The summed E-state index contributed by atoms with van der Waals surface area (Å²) in [7, 11) is 1.45. The first kappa shape index (κ1) is 31.6. The van der Waals surface area contributed by atoms with Gasteiger partial charge in [0.2, 0.25) is 11.8 Å². The number of hydrogen-bond donors (Lipinski definition) is 4. The molecule has 0 radical (unpaired) electrons. The highest BCUT2D eigenvalue weighted by molar-refractivity contribution is 14.1. The second-order valence-corrected chi connectivity index (χ2v) is 10.7. The van der Waals surface area contributed by atoms with Gasteiger partial charge in [-0.2, -0.15) is 0 Å². The van der Waals surface area contributed by atoms with E-state index in [1.807, 2.05) is 22.6 Å². The van der Waals surface area contributed by atoms with Gasteiger partial charge in [-0.05, 0) is 65.8 Å². The molecule has 1 aromatic carbocycles. The van der Waals surface area contributed by atoms with Gasteiger partial charge in [0, 0.05) is 43.5 Å². The Bertz CT molecular complexity index is 1200. The average Bonchev–Trinajstić information content (AvgIpc) is 3.45. The molecule has 3 rings (SSSR count). The SMILES string of the molecule is COc1cc(CO)cc(I)c1O[C@H]1C=C(C(=O)NCCO)C[C@@H](N(Cc2ccoc2)C(=O)CCCC(C)=O)[C@@H]1O. The first-order valence-electron chi connectivity index (χ1n) is 12.9. The van der Waals surface area contributed by atoms with Crippen LogP contribution in [0, 0.1) is 3.57 Å². The molecule has 218 valence electrons. The third-order valence-electron chi connectivity index (χ3n) is 6.51. The molecular formula is C28H35IN2O9. The van der Waals surface area contributed by atoms with Crippen LogP contribution in [0.1, 0.15) is 43.7 Å². The van der Waals surface area contributed by atoms with Crippen LogP contribution in [0.25, 0.3) is 0 Å².